The van der Waals surface area contributed by atoms with Crippen LogP contribution in [0.5, 0.6) is 0 Å². The lowest BCUT2D eigenvalue weighted by atomic mass is 9.98. The summed E-state index contributed by atoms with van der Waals surface area (Å²) in [5, 5.41) is 18.7. The Morgan fingerprint density at radius 3 is 2.75 bits per heavy atom. The van der Waals surface area contributed by atoms with Gasteiger partial charge in [0, 0.05) is 68.7 Å². The molecule has 0 bridgehead atoms. The van der Waals surface area contributed by atoms with E-state index in [0.717, 1.165) is 74.8 Å². The quantitative estimate of drug-likeness (QED) is 0.386. The number of aliphatic hydroxyl groups excluding tert-OH is 1. The Kier molecular flexibility index (Phi) is 7.84. The lowest BCUT2D eigenvalue weighted by Gasteiger charge is -2.36. The number of piperazine rings is 1. The fourth-order valence-corrected chi connectivity index (χ4v) is 6.45. The third kappa shape index (κ3) is 5.37. The van der Waals surface area contributed by atoms with Crippen LogP contribution in [0, 0.1) is 0 Å². The molecule has 6 rings (SSSR count). The molecule has 3 aliphatic rings. The summed E-state index contributed by atoms with van der Waals surface area (Å²) in [4.78, 5) is 25.3. The van der Waals surface area contributed by atoms with Crippen LogP contribution in [0.1, 0.15) is 47.8 Å². The summed E-state index contributed by atoms with van der Waals surface area (Å²) in [6.07, 6.45) is 5.34. The topological polar surface area (TPSA) is 118 Å². The first-order valence-corrected chi connectivity index (χ1v) is 15.8. The first kappa shape index (κ1) is 27.3. The molecule has 3 atom stereocenters. The molecule has 3 aliphatic heterocycles. The van der Waals surface area contributed by atoms with Gasteiger partial charge in [-0.3, -0.25) is 4.79 Å². The van der Waals surface area contributed by atoms with Gasteiger partial charge in [0.1, 0.15) is 22.6 Å². The highest BCUT2D eigenvalue weighted by atomic mass is 35.5. The number of hydrogen-bond acceptors (Lipinski definition) is 8. The monoisotopic (exact) mass is 586 g/mol. The van der Waals surface area contributed by atoms with Crippen LogP contribution in [0.15, 0.2) is 30.3 Å². The van der Waals surface area contributed by atoms with Crippen molar-refractivity contribution >= 4 is 51.5 Å². The molecule has 40 heavy (non-hydrogen) atoms. The number of halogens is 1. The van der Waals surface area contributed by atoms with Crippen molar-refractivity contribution < 1.29 is 14.1 Å². The summed E-state index contributed by atoms with van der Waals surface area (Å²) < 4.78 is 16.7. The largest absolute Gasteiger partial charge is 0.395 e. The molecule has 2 aromatic heterocycles. The number of benzene rings is 1. The highest BCUT2D eigenvalue weighted by Crippen LogP contribution is 2.35. The van der Waals surface area contributed by atoms with Crippen molar-refractivity contribution in [2.24, 2.45) is 0 Å². The van der Waals surface area contributed by atoms with Gasteiger partial charge < -0.3 is 29.8 Å². The van der Waals surface area contributed by atoms with Crippen LogP contribution in [-0.2, 0) is 11.0 Å². The maximum atomic E-state index is 14.0. The molecule has 1 aromatic carbocycles. The minimum atomic E-state index is -1.34. The molecule has 5 heterocycles. The number of nitrogens with one attached hydrogen (secondary N) is 2. The van der Waals surface area contributed by atoms with Crippen LogP contribution in [0.25, 0.3) is 5.65 Å². The van der Waals surface area contributed by atoms with E-state index in [1.54, 1.807) is 18.2 Å². The Balaban J connectivity index is 1.38. The Bertz CT molecular complexity index is 1430. The number of rotatable bonds is 7. The van der Waals surface area contributed by atoms with Gasteiger partial charge in [-0.1, -0.05) is 11.6 Å². The van der Waals surface area contributed by atoms with Gasteiger partial charge in [0.25, 0.3) is 5.91 Å². The molecule has 3 fully saturated rings. The zero-order chi connectivity index (χ0) is 27.8. The minimum absolute atomic E-state index is 0.0103. The molecule has 0 aliphatic carbocycles. The SMILES string of the molecule is CS(=O)Nc1ccc(Cl)cc1C(=O)N1CCCCC1c1cc2nc(N3CCC3)cc(N3CCNC(CO)C3)n2n1. The Morgan fingerprint density at radius 1 is 1.15 bits per heavy atom. The number of carbonyl (C=O) groups excluding carboxylic acids is 1. The second-order valence-electron chi connectivity index (χ2n) is 10.7. The van der Waals surface area contributed by atoms with Crippen molar-refractivity contribution in [1.82, 2.24) is 24.8 Å². The predicted molar refractivity (Wildman–Crippen MR) is 158 cm³/mol. The number of nitrogens with zero attached hydrogens (tertiary/aromatic N) is 6. The molecule has 1 amide bonds. The Hall–Kier alpha value is -2.93. The first-order valence-electron chi connectivity index (χ1n) is 13.9. The van der Waals surface area contributed by atoms with Crippen LogP contribution in [0.3, 0.4) is 0 Å². The third-order valence-corrected chi connectivity index (χ3v) is 8.71. The standard InChI is InChI=1S/C27H35ClN8O3S/c1-40(39)32-21-7-6-18(28)13-20(21)27(38)35-11-3-2-5-23(35)22-14-25-30-24(33-9-4-10-33)15-26(36(25)31-22)34-12-8-29-19(16-34)17-37/h6-7,13-15,19,23,29,32,37H,2-5,8-12,16-17H2,1H3. The lowest BCUT2D eigenvalue weighted by molar-refractivity contribution is 0.0607. The third-order valence-electron chi connectivity index (χ3n) is 7.96. The average molecular weight is 587 g/mol. The number of likely N-dealkylation sites (tertiary alicyclic amines) is 1. The predicted octanol–water partition coefficient (Wildman–Crippen LogP) is 2.44. The number of amides is 1. The Morgan fingerprint density at radius 2 is 2.00 bits per heavy atom. The van der Waals surface area contributed by atoms with Crippen molar-refractivity contribution in [2.75, 3.05) is 66.7 Å². The van der Waals surface area contributed by atoms with Crippen molar-refractivity contribution in [3.63, 3.8) is 0 Å². The van der Waals surface area contributed by atoms with Crippen LogP contribution < -0.4 is 19.8 Å². The minimum Gasteiger partial charge on any atom is -0.395 e. The summed E-state index contributed by atoms with van der Waals surface area (Å²) >= 11 is 6.29. The highest BCUT2D eigenvalue weighted by Gasteiger charge is 2.33. The van der Waals surface area contributed by atoms with E-state index < -0.39 is 11.0 Å². The van der Waals surface area contributed by atoms with E-state index in [0.29, 0.717) is 29.4 Å². The summed E-state index contributed by atoms with van der Waals surface area (Å²) in [5.41, 5.74) is 2.44. The number of carbonyl (C=O) groups is 1. The molecule has 13 heteroatoms. The molecule has 3 N–H and O–H groups in total. The van der Waals surface area contributed by atoms with Crippen LogP contribution in [0.2, 0.25) is 5.02 Å². The zero-order valence-electron chi connectivity index (χ0n) is 22.6. The van der Waals surface area contributed by atoms with Gasteiger partial charge in [-0.2, -0.15) is 9.61 Å². The van der Waals surface area contributed by atoms with Gasteiger partial charge in [0.15, 0.2) is 5.65 Å². The number of piperidine rings is 1. The number of fused-ring (bicyclic) bond motifs is 1. The van der Waals surface area contributed by atoms with Gasteiger partial charge in [-0.05, 0) is 43.9 Å². The molecular formula is C27H35ClN8O3S. The molecule has 3 unspecified atom stereocenters. The maximum Gasteiger partial charge on any atom is 0.256 e. The van der Waals surface area contributed by atoms with Gasteiger partial charge >= 0.3 is 0 Å². The molecule has 0 spiro atoms. The molecule has 3 aromatic rings. The van der Waals surface area contributed by atoms with E-state index >= 15 is 0 Å². The average Bonchev–Trinajstić information content (AvgIpc) is 3.36. The summed E-state index contributed by atoms with van der Waals surface area (Å²) in [5.74, 6) is 1.70. The van der Waals surface area contributed by atoms with E-state index in [9.17, 15) is 14.1 Å². The molecule has 0 saturated carbocycles. The lowest BCUT2D eigenvalue weighted by Crippen LogP contribution is -2.53. The van der Waals surface area contributed by atoms with Gasteiger partial charge in [-0.15, -0.1) is 0 Å². The van der Waals surface area contributed by atoms with Crippen LogP contribution in [-0.4, -0.2) is 92.9 Å². The van der Waals surface area contributed by atoms with E-state index in [-0.39, 0.29) is 24.6 Å². The number of aromatic nitrogens is 3. The van der Waals surface area contributed by atoms with Crippen molar-refractivity contribution in [2.45, 2.75) is 37.8 Å². The van der Waals surface area contributed by atoms with E-state index in [1.165, 1.54) is 6.26 Å². The van der Waals surface area contributed by atoms with E-state index in [4.69, 9.17) is 21.7 Å². The van der Waals surface area contributed by atoms with Gasteiger partial charge in [0.2, 0.25) is 0 Å². The fourth-order valence-electron chi connectivity index (χ4n) is 5.79. The number of anilines is 3. The molecule has 3 saturated heterocycles. The zero-order valence-corrected chi connectivity index (χ0v) is 24.1. The summed E-state index contributed by atoms with van der Waals surface area (Å²) in [6, 6.07) is 8.88. The van der Waals surface area contributed by atoms with Crippen molar-refractivity contribution in [3.8, 4) is 0 Å². The van der Waals surface area contributed by atoms with Gasteiger partial charge in [-0.25, -0.2) is 9.19 Å². The van der Waals surface area contributed by atoms with Crippen molar-refractivity contribution in [3.05, 3.63) is 46.6 Å². The number of hydrogen-bond donors (Lipinski definition) is 3. The molecular weight excluding hydrogens is 552 g/mol. The highest BCUT2D eigenvalue weighted by molar-refractivity contribution is 7.85. The van der Waals surface area contributed by atoms with Crippen molar-refractivity contribution in [1.29, 1.82) is 0 Å². The maximum absolute atomic E-state index is 14.0. The van der Waals surface area contributed by atoms with Crippen LogP contribution >= 0.6 is 11.6 Å². The fraction of sp³-hybridized carbons (Fsp3) is 0.519. The first-order chi connectivity index (χ1) is 19.4. The van der Waals surface area contributed by atoms with E-state index in [2.05, 4.69) is 25.9 Å². The summed E-state index contributed by atoms with van der Waals surface area (Å²) in [6.45, 7) is 4.85. The molecule has 214 valence electrons. The van der Waals surface area contributed by atoms with Crippen LogP contribution in [0.4, 0.5) is 17.3 Å². The Labute approximate surface area is 241 Å². The summed E-state index contributed by atoms with van der Waals surface area (Å²) in [7, 11) is -1.34. The van der Waals surface area contributed by atoms with E-state index in [1.807, 2.05) is 15.5 Å². The normalized spacial score (nSPS) is 22.3. The van der Waals surface area contributed by atoms with Gasteiger partial charge in [0.05, 0.1) is 29.6 Å². The molecule has 11 nitrogen and oxygen atoms in total. The molecule has 0 radical (unpaired) electrons. The second-order valence-corrected chi connectivity index (χ2v) is 12.2. The second kappa shape index (κ2) is 11.5. The number of aliphatic hydroxyl groups is 1. The smallest absolute Gasteiger partial charge is 0.256 e.